The second kappa shape index (κ2) is 6.90. The fourth-order valence-corrected chi connectivity index (χ4v) is 2.07. The molecule has 0 saturated carbocycles. The van der Waals surface area contributed by atoms with Gasteiger partial charge in [0.25, 0.3) is 0 Å². The Bertz CT molecular complexity index is 659. The van der Waals surface area contributed by atoms with E-state index in [1.807, 2.05) is 12.3 Å². The van der Waals surface area contributed by atoms with Crippen molar-refractivity contribution in [2.75, 3.05) is 16.9 Å². The molecule has 6 heteroatoms. The van der Waals surface area contributed by atoms with Gasteiger partial charge in [0.15, 0.2) is 0 Å². The fraction of sp³-hybridized carbons (Fsp3) is 0.0667. The van der Waals surface area contributed by atoms with E-state index in [1.165, 1.54) is 36.0 Å². The van der Waals surface area contributed by atoms with Crippen LogP contribution < -0.4 is 10.6 Å². The van der Waals surface area contributed by atoms with Gasteiger partial charge in [0.2, 0.25) is 0 Å². The Kier molecular flexibility index (Phi) is 4.94. The van der Waals surface area contributed by atoms with Gasteiger partial charge in [-0.3, -0.25) is 9.59 Å². The topological polar surface area (TPSA) is 58.2 Å². The van der Waals surface area contributed by atoms with Crippen molar-refractivity contribution >= 4 is 35.0 Å². The summed E-state index contributed by atoms with van der Waals surface area (Å²) in [5, 5.41) is 4.90. The minimum absolute atomic E-state index is 0.356. The molecular weight excluding hydrogens is 291 g/mol. The smallest absolute Gasteiger partial charge is 0.314 e. The molecule has 0 unspecified atom stereocenters. The fourth-order valence-electron chi connectivity index (χ4n) is 1.61. The average Bonchev–Trinajstić information content (AvgIpc) is 2.49. The van der Waals surface area contributed by atoms with Gasteiger partial charge in [0.1, 0.15) is 5.82 Å². The lowest BCUT2D eigenvalue weighted by atomic mass is 10.3. The third-order valence-corrected chi connectivity index (χ3v) is 3.36. The number of hydrogen-bond acceptors (Lipinski definition) is 3. The van der Waals surface area contributed by atoms with Gasteiger partial charge in [0.05, 0.1) is 0 Å². The van der Waals surface area contributed by atoms with Gasteiger partial charge in [-0.15, -0.1) is 11.8 Å². The molecule has 0 aliphatic carbocycles. The number of anilines is 2. The molecule has 0 heterocycles. The zero-order chi connectivity index (χ0) is 15.2. The second-order valence-corrected chi connectivity index (χ2v) is 5.03. The van der Waals surface area contributed by atoms with Crippen LogP contribution in [0, 0.1) is 5.82 Å². The van der Waals surface area contributed by atoms with E-state index in [2.05, 4.69) is 10.6 Å². The molecule has 2 aromatic rings. The van der Waals surface area contributed by atoms with E-state index < -0.39 is 17.6 Å². The predicted molar refractivity (Wildman–Crippen MR) is 81.9 cm³/mol. The van der Waals surface area contributed by atoms with Crippen molar-refractivity contribution in [3.8, 4) is 0 Å². The number of benzene rings is 2. The summed E-state index contributed by atoms with van der Waals surface area (Å²) in [6, 6.07) is 12.3. The van der Waals surface area contributed by atoms with Crippen LogP contribution in [0.2, 0.25) is 0 Å². The number of carbonyl (C=O) groups is 2. The van der Waals surface area contributed by atoms with Crippen molar-refractivity contribution < 1.29 is 14.0 Å². The summed E-state index contributed by atoms with van der Waals surface area (Å²) in [6.45, 7) is 0. The van der Waals surface area contributed by atoms with Gasteiger partial charge in [-0.25, -0.2) is 4.39 Å². The van der Waals surface area contributed by atoms with Gasteiger partial charge in [-0.1, -0.05) is 6.07 Å². The molecule has 0 atom stereocenters. The van der Waals surface area contributed by atoms with Crippen molar-refractivity contribution in [2.24, 2.45) is 0 Å². The van der Waals surface area contributed by atoms with Crippen molar-refractivity contribution in [3.05, 3.63) is 54.3 Å². The number of rotatable bonds is 3. The van der Waals surface area contributed by atoms with Crippen LogP contribution in [0.15, 0.2) is 53.4 Å². The highest BCUT2D eigenvalue weighted by Gasteiger charge is 2.14. The van der Waals surface area contributed by atoms with E-state index in [4.69, 9.17) is 0 Å². The number of nitrogens with one attached hydrogen (secondary N) is 2. The summed E-state index contributed by atoms with van der Waals surface area (Å²) in [6.07, 6.45) is 1.92. The summed E-state index contributed by atoms with van der Waals surface area (Å²) in [5.41, 5.74) is 0.899. The quantitative estimate of drug-likeness (QED) is 0.676. The largest absolute Gasteiger partial charge is 0.318 e. The Morgan fingerprint density at radius 1 is 0.952 bits per heavy atom. The Balaban J connectivity index is 1.99. The summed E-state index contributed by atoms with van der Waals surface area (Å²) in [7, 11) is 0. The zero-order valence-corrected chi connectivity index (χ0v) is 12.0. The third-order valence-electron chi connectivity index (χ3n) is 2.64. The van der Waals surface area contributed by atoms with Crippen molar-refractivity contribution in [1.29, 1.82) is 0 Å². The molecule has 0 bridgehead atoms. The zero-order valence-electron chi connectivity index (χ0n) is 11.2. The Labute approximate surface area is 125 Å². The van der Waals surface area contributed by atoms with Crippen LogP contribution in [-0.2, 0) is 9.59 Å². The highest BCUT2D eigenvalue weighted by molar-refractivity contribution is 7.98. The molecule has 0 radical (unpaired) electrons. The molecule has 0 aliphatic rings. The van der Waals surface area contributed by atoms with Crippen LogP contribution >= 0.6 is 11.8 Å². The Hall–Kier alpha value is -2.34. The second-order valence-electron chi connectivity index (χ2n) is 4.15. The third kappa shape index (κ3) is 4.32. The summed E-state index contributed by atoms with van der Waals surface area (Å²) in [5.74, 6) is -2.00. The summed E-state index contributed by atoms with van der Waals surface area (Å²) < 4.78 is 12.7. The number of halogens is 1. The molecule has 0 fully saturated rings. The maximum Gasteiger partial charge on any atom is 0.314 e. The SMILES string of the molecule is CSc1cccc(NC(=O)C(=O)Nc2ccc(F)cc2)c1. The highest BCUT2D eigenvalue weighted by atomic mass is 32.2. The standard InChI is InChI=1S/C15H13FN2O2S/c1-21-13-4-2-3-12(9-13)18-15(20)14(19)17-11-7-5-10(16)6-8-11/h2-9H,1H3,(H,17,19)(H,18,20). The van der Waals surface area contributed by atoms with Crippen molar-refractivity contribution in [2.45, 2.75) is 4.90 Å². The van der Waals surface area contributed by atoms with Crippen LogP contribution in [0.25, 0.3) is 0 Å². The summed E-state index contributed by atoms with van der Waals surface area (Å²) in [4.78, 5) is 24.5. The number of amides is 2. The Morgan fingerprint density at radius 2 is 1.57 bits per heavy atom. The number of hydrogen-bond donors (Lipinski definition) is 2. The summed E-state index contributed by atoms with van der Waals surface area (Å²) >= 11 is 1.54. The molecule has 108 valence electrons. The normalized spacial score (nSPS) is 10.0. The maximum atomic E-state index is 12.7. The van der Waals surface area contributed by atoms with Crippen LogP contribution in [-0.4, -0.2) is 18.1 Å². The lowest BCUT2D eigenvalue weighted by Gasteiger charge is -2.07. The minimum atomic E-state index is -0.809. The van der Waals surface area contributed by atoms with Crippen LogP contribution in [0.3, 0.4) is 0 Å². The monoisotopic (exact) mass is 304 g/mol. The highest BCUT2D eigenvalue weighted by Crippen LogP contribution is 2.19. The molecule has 4 nitrogen and oxygen atoms in total. The van der Waals surface area contributed by atoms with Gasteiger partial charge in [-0.05, 0) is 48.7 Å². The lowest BCUT2D eigenvalue weighted by Crippen LogP contribution is -2.29. The molecule has 0 aromatic heterocycles. The molecule has 2 aromatic carbocycles. The first kappa shape index (κ1) is 15.1. The molecular formula is C15H13FN2O2S. The van der Waals surface area contributed by atoms with Gasteiger partial charge >= 0.3 is 11.8 Å². The van der Waals surface area contributed by atoms with Crippen molar-refractivity contribution in [1.82, 2.24) is 0 Å². The predicted octanol–water partition coefficient (Wildman–Crippen LogP) is 3.12. The van der Waals surface area contributed by atoms with E-state index in [0.29, 0.717) is 11.4 Å². The number of carbonyl (C=O) groups excluding carboxylic acids is 2. The van der Waals surface area contributed by atoms with Gasteiger partial charge in [0, 0.05) is 16.3 Å². The molecule has 2 amide bonds. The average molecular weight is 304 g/mol. The molecule has 2 N–H and O–H groups in total. The maximum absolute atomic E-state index is 12.7. The van der Waals surface area contributed by atoms with E-state index in [9.17, 15) is 14.0 Å². The lowest BCUT2D eigenvalue weighted by molar-refractivity contribution is -0.133. The van der Waals surface area contributed by atoms with Crippen molar-refractivity contribution in [3.63, 3.8) is 0 Å². The van der Waals surface area contributed by atoms with Gasteiger partial charge < -0.3 is 10.6 Å². The van der Waals surface area contributed by atoms with E-state index in [1.54, 1.807) is 18.2 Å². The van der Waals surface area contributed by atoms with E-state index in [-0.39, 0.29) is 0 Å². The van der Waals surface area contributed by atoms with Gasteiger partial charge in [-0.2, -0.15) is 0 Å². The molecule has 0 spiro atoms. The first-order valence-electron chi connectivity index (χ1n) is 6.10. The molecule has 2 rings (SSSR count). The molecule has 21 heavy (non-hydrogen) atoms. The van der Waals surface area contributed by atoms with Crippen LogP contribution in [0.5, 0.6) is 0 Å². The number of thioether (sulfide) groups is 1. The van der Waals surface area contributed by atoms with Crippen LogP contribution in [0.4, 0.5) is 15.8 Å². The van der Waals surface area contributed by atoms with E-state index >= 15 is 0 Å². The van der Waals surface area contributed by atoms with Crippen LogP contribution in [0.1, 0.15) is 0 Å². The first-order valence-corrected chi connectivity index (χ1v) is 7.33. The first-order chi connectivity index (χ1) is 10.1. The van der Waals surface area contributed by atoms with E-state index in [0.717, 1.165) is 4.90 Å². The Morgan fingerprint density at radius 3 is 2.19 bits per heavy atom. The minimum Gasteiger partial charge on any atom is -0.318 e. The molecule has 0 aliphatic heterocycles. The molecule has 0 saturated heterocycles.